The number of hydrogen-bond donors (Lipinski definition) is 3. The van der Waals surface area contributed by atoms with Gasteiger partial charge >= 0.3 is 0 Å². The average Bonchev–Trinajstić information content (AvgIpc) is 2.92. The third kappa shape index (κ3) is 4.63. The van der Waals surface area contributed by atoms with E-state index in [9.17, 15) is 5.11 Å². The first-order valence-corrected chi connectivity index (χ1v) is 6.47. The fourth-order valence-corrected chi connectivity index (χ4v) is 1.80. The maximum absolute atomic E-state index is 9.18. The van der Waals surface area contributed by atoms with Gasteiger partial charge in [-0.2, -0.15) is 0 Å². The summed E-state index contributed by atoms with van der Waals surface area (Å²) in [6.45, 7) is 1.33. The molecule has 0 aliphatic heterocycles. The van der Waals surface area contributed by atoms with E-state index in [4.69, 9.17) is 16.6 Å². The van der Waals surface area contributed by atoms with Gasteiger partial charge in [-0.1, -0.05) is 12.1 Å². The minimum atomic E-state index is 0.285. The summed E-state index contributed by atoms with van der Waals surface area (Å²) in [7, 11) is 0. The number of hydrogen-bond acceptors (Lipinski definition) is 3. The molecule has 3 N–H and O–H groups in total. The summed E-state index contributed by atoms with van der Waals surface area (Å²) in [6.07, 6.45) is 2.49. The van der Waals surface area contributed by atoms with Gasteiger partial charge in [0.1, 0.15) is 11.5 Å². The van der Waals surface area contributed by atoms with Crippen LogP contribution in [0.2, 0.25) is 0 Å². The largest absolute Gasteiger partial charge is 0.508 e. The lowest BCUT2D eigenvalue weighted by atomic mass is 10.1. The van der Waals surface area contributed by atoms with Crippen LogP contribution in [0.4, 0.5) is 0 Å². The predicted octanol–water partition coefficient (Wildman–Crippen LogP) is 2.19. The third-order valence-electron chi connectivity index (χ3n) is 2.64. The normalized spacial score (nSPS) is 10.1. The van der Waals surface area contributed by atoms with Crippen molar-refractivity contribution in [1.82, 2.24) is 10.6 Å². The van der Waals surface area contributed by atoms with Crippen LogP contribution < -0.4 is 10.6 Å². The molecule has 2 aromatic rings. The topological polar surface area (TPSA) is 57.4 Å². The van der Waals surface area contributed by atoms with Crippen LogP contribution in [0.3, 0.4) is 0 Å². The van der Waals surface area contributed by atoms with Crippen molar-refractivity contribution in [2.75, 3.05) is 6.54 Å². The molecule has 19 heavy (non-hydrogen) atoms. The van der Waals surface area contributed by atoms with Gasteiger partial charge in [-0.25, -0.2) is 0 Å². The summed E-state index contributed by atoms with van der Waals surface area (Å²) in [5.74, 6) is 1.13. The monoisotopic (exact) mass is 276 g/mol. The minimum absolute atomic E-state index is 0.285. The highest BCUT2D eigenvalue weighted by Gasteiger charge is 1.99. The number of phenols is 1. The van der Waals surface area contributed by atoms with Crippen LogP contribution in [0.25, 0.3) is 0 Å². The third-order valence-corrected chi connectivity index (χ3v) is 2.93. The van der Waals surface area contributed by atoms with E-state index in [1.54, 1.807) is 18.4 Å². The Morgan fingerprint density at radius 2 is 1.95 bits per heavy atom. The second-order valence-electron chi connectivity index (χ2n) is 4.11. The number of phenolic OH excluding ortho intramolecular Hbond substituents is 1. The summed E-state index contributed by atoms with van der Waals surface area (Å²) in [6, 6.07) is 10.9. The summed E-state index contributed by atoms with van der Waals surface area (Å²) < 4.78 is 5.20. The van der Waals surface area contributed by atoms with Crippen LogP contribution in [0, 0.1) is 0 Å². The number of nitrogens with one attached hydrogen (secondary N) is 2. The molecule has 4 nitrogen and oxygen atoms in total. The Labute approximate surface area is 117 Å². The van der Waals surface area contributed by atoms with Gasteiger partial charge in [0, 0.05) is 6.54 Å². The average molecular weight is 276 g/mol. The van der Waals surface area contributed by atoms with Crippen molar-refractivity contribution in [2.45, 2.75) is 13.0 Å². The molecule has 0 spiro atoms. The Hall–Kier alpha value is -2.01. The van der Waals surface area contributed by atoms with E-state index in [0.29, 0.717) is 11.7 Å². The summed E-state index contributed by atoms with van der Waals surface area (Å²) in [4.78, 5) is 0. The highest BCUT2D eigenvalue weighted by Crippen LogP contribution is 2.09. The van der Waals surface area contributed by atoms with Gasteiger partial charge in [0.05, 0.1) is 12.8 Å². The quantitative estimate of drug-likeness (QED) is 0.731. The van der Waals surface area contributed by atoms with Crippen molar-refractivity contribution in [3.05, 3.63) is 54.0 Å². The van der Waals surface area contributed by atoms with Crippen molar-refractivity contribution in [2.24, 2.45) is 0 Å². The Kier molecular flexibility index (Phi) is 4.80. The van der Waals surface area contributed by atoms with Crippen molar-refractivity contribution >= 4 is 17.3 Å². The highest BCUT2D eigenvalue weighted by atomic mass is 32.1. The number of furan rings is 1. The molecule has 0 aliphatic carbocycles. The van der Waals surface area contributed by atoms with Crippen molar-refractivity contribution in [3.63, 3.8) is 0 Å². The minimum Gasteiger partial charge on any atom is -0.508 e. The zero-order chi connectivity index (χ0) is 13.5. The van der Waals surface area contributed by atoms with E-state index in [1.807, 2.05) is 24.3 Å². The molecule has 1 aromatic carbocycles. The maximum atomic E-state index is 9.18. The molecule has 100 valence electrons. The molecular formula is C14H16N2O2S. The Morgan fingerprint density at radius 1 is 1.16 bits per heavy atom. The molecule has 0 unspecified atom stereocenters. The molecule has 5 heteroatoms. The Morgan fingerprint density at radius 3 is 2.63 bits per heavy atom. The van der Waals surface area contributed by atoms with Gasteiger partial charge in [-0.15, -0.1) is 0 Å². The van der Waals surface area contributed by atoms with E-state index >= 15 is 0 Å². The smallest absolute Gasteiger partial charge is 0.166 e. The lowest BCUT2D eigenvalue weighted by molar-refractivity contribution is 0.475. The van der Waals surface area contributed by atoms with Gasteiger partial charge in [0.2, 0.25) is 0 Å². The first-order chi connectivity index (χ1) is 9.24. The second kappa shape index (κ2) is 6.80. The fourth-order valence-electron chi connectivity index (χ4n) is 1.63. The summed E-state index contributed by atoms with van der Waals surface area (Å²) >= 11 is 5.16. The fraction of sp³-hybridized carbons (Fsp3) is 0.214. The molecule has 0 amide bonds. The lowest BCUT2D eigenvalue weighted by Crippen LogP contribution is -2.35. The maximum Gasteiger partial charge on any atom is 0.166 e. The Balaban J connectivity index is 1.65. The van der Waals surface area contributed by atoms with E-state index in [-0.39, 0.29) is 5.75 Å². The van der Waals surface area contributed by atoms with Crippen molar-refractivity contribution in [3.8, 4) is 5.75 Å². The number of benzene rings is 1. The molecule has 0 atom stereocenters. The molecule has 1 aromatic heterocycles. The van der Waals surface area contributed by atoms with Crippen LogP contribution >= 0.6 is 12.2 Å². The Bertz CT molecular complexity index is 509. The molecule has 0 saturated carbocycles. The van der Waals surface area contributed by atoms with Gasteiger partial charge in [0.15, 0.2) is 5.11 Å². The standard InChI is InChI=1S/C14H16N2O2S/c17-12-5-3-11(4-6-12)7-8-15-14(19)16-10-13-2-1-9-18-13/h1-6,9,17H,7-8,10H2,(H2,15,16,19). The SMILES string of the molecule is Oc1ccc(CCNC(=S)NCc2ccco2)cc1. The van der Waals surface area contributed by atoms with Gasteiger partial charge in [0.25, 0.3) is 0 Å². The molecule has 1 heterocycles. The van der Waals surface area contributed by atoms with E-state index < -0.39 is 0 Å². The molecule has 0 aliphatic rings. The van der Waals surface area contributed by atoms with Crippen molar-refractivity contribution < 1.29 is 9.52 Å². The second-order valence-corrected chi connectivity index (χ2v) is 4.51. The van der Waals surface area contributed by atoms with Gasteiger partial charge < -0.3 is 20.2 Å². The predicted molar refractivity (Wildman–Crippen MR) is 78.0 cm³/mol. The van der Waals surface area contributed by atoms with E-state index in [0.717, 1.165) is 24.3 Å². The molecule has 0 radical (unpaired) electrons. The van der Waals surface area contributed by atoms with E-state index in [1.165, 1.54) is 0 Å². The molecule has 0 fully saturated rings. The number of rotatable bonds is 5. The van der Waals surface area contributed by atoms with Gasteiger partial charge in [-0.05, 0) is 48.5 Å². The molecule has 0 saturated heterocycles. The van der Waals surface area contributed by atoms with Crippen LogP contribution in [0.1, 0.15) is 11.3 Å². The van der Waals surface area contributed by atoms with Crippen LogP contribution in [0.5, 0.6) is 5.75 Å². The summed E-state index contributed by atoms with van der Waals surface area (Å²) in [5.41, 5.74) is 1.15. The first-order valence-electron chi connectivity index (χ1n) is 6.06. The van der Waals surface area contributed by atoms with E-state index in [2.05, 4.69) is 10.6 Å². The van der Waals surface area contributed by atoms with Crippen molar-refractivity contribution in [1.29, 1.82) is 0 Å². The molecule has 0 bridgehead atoms. The zero-order valence-electron chi connectivity index (χ0n) is 10.4. The van der Waals surface area contributed by atoms with Crippen LogP contribution in [-0.4, -0.2) is 16.8 Å². The van der Waals surface area contributed by atoms with Crippen LogP contribution in [-0.2, 0) is 13.0 Å². The van der Waals surface area contributed by atoms with Gasteiger partial charge in [-0.3, -0.25) is 0 Å². The van der Waals surface area contributed by atoms with Crippen LogP contribution in [0.15, 0.2) is 47.1 Å². The summed E-state index contributed by atoms with van der Waals surface area (Å²) in [5, 5.41) is 16.0. The first kappa shape index (κ1) is 13.4. The molecular weight excluding hydrogens is 260 g/mol. The number of aromatic hydroxyl groups is 1. The lowest BCUT2D eigenvalue weighted by Gasteiger charge is -2.09. The zero-order valence-corrected chi connectivity index (χ0v) is 11.2. The molecule has 2 rings (SSSR count). The number of thiocarbonyl (C=S) groups is 1. The highest BCUT2D eigenvalue weighted by molar-refractivity contribution is 7.80.